The van der Waals surface area contributed by atoms with Crippen molar-refractivity contribution in [2.45, 2.75) is 26.3 Å². The quantitative estimate of drug-likeness (QED) is 0.719. The van der Waals surface area contributed by atoms with E-state index in [0.29, 0.717) is 6.54 Å². The first-order valence-electron chi connectivity index (χ1n) is 5.84. The van der Waals surface area contributed by atoms with Crippen LogP contribution in [0.25, 0.3) is 0 Å². The summed E-state index contributed by atoms with van der Waals surface area (Å²) in [4.78, 5) is 14.0. The van der Waals surface area contributed by atoms with Crippen molar-refractivity contribution in [1.82, 2.24) is 5.32 Å². The van der Waals surface area contributed by atoms with Gasteiger partial charge in [0.2, 0.25) is 5.91 Å². The van der Waals surface area contributed by atoms with Crippen LogP contribution >= 0.6 is 0 Å². The number of benzene rings is 1. The lowest BCUT2D eigenvalue weighted by molar-refractivity contribution is -0.126. The lowest BCUT2D eigenvalue weighted by Crippen LogP contribution is -2.62. The minimum absolute atomic E-state index is 0.0591. The van der Waals surface area contributed by atoms with Crippen molar-refractivity contribution in [1.29, 1.82) is 0 Å². The number of carbonyl (C=O) groups is 1. The van der Waals surface area contributed by atoms with Crippen LogP contribution in [0.5, 0.6) is 0 Å². The molecular weight excluding hydrogens is 214 g/mol. The molecule has 0 aliphatic carbocycles. The molecule has 1 heterocycles. The molecule has 2 rings (SSSR count). The number of aryl methyl sites for hydroxylation is 1. The number of carbonyl (C=O) groups excluding carboxylic acids is 1. The molecule has 3 N–H and O–H groups in total. The number of piperazine rings is 1. The normalized spacial score (nSPS) is 19.0. The molecule has 0 unspecified atom stereocenters. The van der Waals surface area contributed by atoms with Gasteiger partial charge >= 0.3 is 0 Å². The fourth-order valence-electron chi connectivity index (χ4n) is 2.30. The Kier molecular flexibility index (Phi) is 2.73. The van der Waals surface area contributed by atoms with Crippen molar-refractivity contribution >= 4 is 17.3 Å². The minimum atomic E-state index is -0.529. The fourth-order valence-corrected chi connectivity index (χ4v) is 2.30. The lowest BCUT2D eigenvalue weighted by Gasteiger charge is -2.43. The number of nitrogen functional groups attached to an aromatic ring is 1. The van der Waals surface area contributed by atoms with Crippen molar-refractivity contribution in [3.05, 3.63) is 23.8 Å². The summed E-state index contributed by atoms with van der Waals surface area (Å²) in [5, 5.41) is 2.89. The first-order chi connectivity index (χ1) is 7.91. The molecule has 1 saturated heterocycles. The van der Waals surface area contributed by atoms with E-state index in [1.807, 2.05) is 32.9 Å². The number of rotatable bonds is 1. The Morgan fingerprint density at radius 2 is 2.06 bits per heavy atom. The number of hydrogen-bond acceptors (Lipinski definition) is 3. The van der Waals surface area contributed by atoms with Crippen LogP contribution in [0.15, 0.2) is 18.2 Å². The molecule has 17 heavy (non-hydrogen) atoms. The van der Waals surface area contributed by atoms with E-state index in [2.05, 4.69) is 16.3 Å². The second-order valence-electron chi connectivity index (χ2n) is 5.07. The Hall–Kier alpha value is -1.71. The lowest BCUT2D eigenvalue weighted by atomic mass is 9.97. The highest BCUT2D eigenvalue weighted by molar-refractivity contribution is 5.90. The van der Waals surface area contributed by atoms with Crippen LogP contribution in [0.4, 0.5) is 11.4 Å². The summed E-state index contributed by atoms with van der Waals surface area (Å²) in [5.74, 6) is 0.0591. The first-order valence-corrected chi connectivity index (χ1v) is 5.84. The van der Waals surface area contributed by atoms with Gasteiger partial charge in [0, 0.05) is 24.5 Å². The van der Waals surface area contributed by atoms with E-state index in [1.54, 1.807) is 0 Å². The highest BCUT2D eigenvalue weighted by Gasteiger charge is 2.37. The summed E-state index contributed by atoms with van der Waals surface area (Å²) >= 11 is 0. The standard InChI is InChI=1S/C13H19N3O/c1-9-6-10(14)8-11(7-9)16-5-4-15-12(17)13(16,2)3/h6-8H,4-5,14H2,1-3H3,(H,15,17). The molecule has 0 radical (unpaired) electrons. The van der Waals surface area contributed by atoms with Crippen LogP contribution in [-0.2, 0) is 4.79 Å². The largest absolute Gasteiger partial charge is 0.399 e. The van der Waals surface area contributed by atoms with Gasteiger partial charge < -0.3 is 16.0 Å². The van der Waals surface area contributed by atoms with Crippen LogP contribution in [0.3, 0.4) is 0 Å². The summed E-state index contributed by atoms with van der Waals surface area (Å²) in [6, 6.07) is 5.92. The van der Waals surface area contributed by atoms with E-state index in [9.17, 15) is 4.79 Å². The van der Waals surface area contributed by atoms with Crippen LogP contribution in [0, 0.1) is 6.92 Å². The zero-order valence-corrected chi connectivity index (χ0v) is 10.6. The number of amides is 1. The average molecular weight is 233 g/mol. The molecule has 0 aromatic heterocycles. The van der Waals surface area contributed by atoms with E-state index in [1.165, 1.54) is 0 Å². The van der Waals surface area contributed by atoms with Crippen molar-refractivity contribution in [2.24, 2.45) is 0 Å². The predicted molar refractivity (Wildman–Crippen MR) is 70.0 cm³/mol. The molecule has 0 bridgehead atoms. The Labute approximate surface area is 102 Å². The van der Waals surface area contributed by atoms with Gasteiger partial charge in [-0.15, -0.1) is 0 Å². The molecule has 0 atom stereocenters. The van der Waals surface area contributed by atoms with E-state index >= 15 is 0 Å². The number of nitrogens with two attached hydrogens (primary N) is 1. The molecule has 4 heteroatoms. The molecule has 4 nitrogen and oxygen atoms in total. The van der Waals surface area contributed by atoms with Gasteiger partial charge in [-0.3, -0.25) is 4.79 Å². The van der Waals surface area contributed by atoms with Crippen LogP contribution in [-0.4, -0.2) is 24.5 Å². The van der Waals surface area contributed by atoms with E-state index in [4.69, 9.17) is 5.73 Å². The number of nitrogens with zero attached hydrogens (tertiary/aromatic N) is 1. The summed E-state index contributed by atoms with van der Waals surface area (Å²) in [6.07, 6.45) is 0. The average Bonchev–Trinajstić information content (AvgIpc) is 2.20. The number of nitrogens with one attached hydrogen (secondary N) is 1. The van der Waals surface area contributed by atoms with Crippen molar-refractivity contribution in [2.75, 3.05) is 23.7 Å². The molecule has 1 amide bonds. The smallest absolute Gasteiger partial charge is 0.245 e. The molecule has 1 aliphatic rings. The monoisotopic (exact) mass is 233 g/mol. The van der Waals surface area contributed by atoms with Gasteiger partial charge in [0.05, 0.1) is 0 Å². The minimum Gasteiger partial charge on any atom is -0.399 e. The highest BCUT2D eigenvalue weighted by Crippen LogP contribution is 2.28. The number of anilines is 2. The first kappa shape index (κ1) is 11.8. The maximum atomic E-state index is 11.9. The van der Waals surface area contributed by atoms with Gasteiger partial charge in [0.25, 0.3) is 0 Å². The summed E-state index contributed by atoms with van der Waals surface area (Å²) < 4.78 is 0. The molecular formula is C13H19N3O. The van der Waals surface area contributed by atoms with Crippen LogP contribution < -0.4 is 16.0 Å². The zero-order chi connectivity index (χ0) is 12.6. The molecule has 1 aromatic rings. The van der Waals surface area contributed by atoms with E-state index < -0.39 is 5.54 Å². The second kappa shape index (κ2) is 3.95. The van der Waals surface area contributed by atoms with Gasteiger partial charge in [-0.05, 0) is 44.5 Å². The number of hydrogen-bond donors (Lipinski definition) is 2. The van der Waals surface area contributed by atoms with Gasteiger partial charge in [-0.2, -0.15) is 0 Å². The molecule has 1 aliphatic heterocycles. The third-order valence-corrected chi connectivity index (χ3v) is 3.25. The maximum absolute atomic E-state index is 11.9. The Bertz CT molecular complexity index is 434. The third-order valence-electron chi connectivity index (χ3n) is 3.25. The summed E-state index contributed by atoms with van der Waals surface area (Å²) in [5.41, 5.74) is 8.20. The van der Waals surface area contributed by atoms with E-state index in [0.717, 1.165) is 23.5 Å². The van der Waals surface area contributed by atoms with Crippen LogP contribution in [0.2, 0.25) is 0 Å². The topological polar surface area (TPSA) is 58.4 Å². The zero-order valence-electron chi connectivity index (χ0n) is 10.6. The molecule has 0 saturated carbocycles. The van der Waals surface area contributed by atoms with Gasteiger partial charge in [-0.1, -0.05) is 0 Å². The molecule has 1 aromatic carbocycles. The SMILES string of the molecule is Cc1cc(N)cc(N2CCNC(=O)C2(C)C)c1. The van der Waals surface area contributed by atoms with Crippen molar-refractivity contribution < 1.29 is 4.79 Å². The highest BCUT2D eigenvalue weighted by atomic mass is 16.2. The van der Waals surface area contributed by atoms with Crippen LogP contribution in [0.1, 0.15) is 19.4 Å². The van der Waals surface area contributed by atoms with E-state index in [-0.39, 0.29) is 5.91 Å². The van der Waals surface area contributed by atoms with Gasteiger partial charge in [0.15, 0.2) is 0 Å². The summed E-state index contributed by atoms with van der Waals surface area (Å²) in [7, 11) is 0. The van der Waals surface area contributed by atoms with Gasteiger partial charge in [0.1, 0.15) is 5.54 Å². The molecule has 92 valence electrons. The third kappa shape index (κ3) is 2.07. The fraction of sp³-hybridized carbons (Fsp3) is 0.462. The van der Waals surface area contributed by atoms with Crippen molar-refractivity contribution in [3.63, 3.8) is 0 Å². The summed E-state index contributed by atoms with van der Waals surface area (Å²) in [6.45, 7) is 7.36. The Morgan fingerprint density at radius 3 is 2.71 bits per heavy atom. The second-order valence-corrected chi connectivity index (χ2v) is 5.07. The molecule has 1 fully saturated rings. The predicted octanol–water partition coefficient (Wildman–Crippen LogP) is 1.29. The Morgan fingerprint density at radius 1 is 1.35 bits per heavy atom. The molecule has 0 spiro atoms. The van der Waals surface area contributed by atoms with Crippen molar-refractivity contribution in [3.8, 4) is 0 Å². The Balaban J connectivity index is 2.41. The van der Waals surface area contributed by atoms with Gasteiger partial charge in [-0.25, -0.2) is 0 Å². The maximum Gasteiger partial charge on any atom is 0.245 e.